The van der Waals surface area contributed by atoms with Gasteiger partial charge in [-0.05, 0) is 0 Å². The fraction of sp³-hybridized carbons (Fsp3) is 0. The molecule has 3 heteroatoms. The van der Waals surface area contributed by atoms with Gasteiger partial charge in [0, 0.05) is 98.1 Å². The molecule has 0 nitrogen and oxygen atoms in total. The van der Waals surface area contributed by atoms with Crippen molar-refractivity contribution in [3.8, 4) is 22.3 Å². The van der Waals surface area contributed by atoms with Crippen LogP contribution in [0.4, 0.5) is 0 Å². The van der Waals surface area contributed by atoms with Gasteiger partial charge in [-0.2, -0.15) is 36.4 Å². The van der Waals surface area contributed by atoms with Crippen molar-refractivity contribution < 1.29 is 98.1 Å². The van der Waals surface area contributed by atoms with Crippen LogP contribution in [0.5, 0.6) is 0 Å². The number of rotatable bonds is 2. The fourth-order valence-electron chi connectivity index (χ4n) is 2.54. The topological polar surface area (TPSA) is 0 Å². The molecule has 0 aliphatic heterocycles. The van der Waals surface area contributed by atoms with E-state index in [9.17, 15) is 0 Å². The molecule has 4 aromatic rings. The van der Waals surface area contributed by atoms with Crippen molar-refractivity contribution in [3.63, 3.8) is 0 Å². The molecule has 0 amide bonds. The van der Waals surface area contributed by atoms with E-state index in [1.54, 1.807) is 0 Å². The number of benzene rings is 4. The van der Waals surface area contributed by atoms with Gasteiger partial charge in [-0.25, -0.2) is 46.5 Å². The van der Waals surface area contributed by atoms with E-state index in [0.717, 1.165) is 22.3 Å². The minimum absolute atomic E-state index is 0. The molecule has 4 aromatic carbocycles. The summed E-state index contributed by atoms with van der Waals surface area (Å²) in [6, 6.07) is 37.5. The van der Waals surface area contributed by atoms with E-state index in [0.29, 0.717) is 0 Å². The van der Waals surface area contributed by atoms with E-state index < -0.39 is 0 Å². The van der Waals surface area contributed by atoms with Gasteiger partial charge in [0.05, 0.1) is 0 Å². The molecule has 0 saturated heterocycles. The second-order valence-corrected chi connectivity index (χ2v) is 5.16. The summed E-state index contributed by atoms with van der Waals surface area (Å²) >= 11 is 0. The molecule has 4 rings (SSSR count). The van der Waals surface area contributed by atoms with E-state index in [-0.39, 0.29) is 98.1 Å². The molecule has 0 bridgehead atoms. The van der Waals surface area contributed by atoms with Gasteiger partial charge in [0.25, 0.3) is 0 Å². The molecule has 0 heterocycles. The zero-order valence-electron chi connectivity index (χ0n) is 13.7. The van der Waals surface area contributed by atoms with Crippen molar-refractivity contribution in [2.75, 3.05) is 0 Å². The predicted octanol–water partition coefficient (Wildman–Crippen LogP) is 5.37. The number of fused-ring (bicyclic) bond motifs is 1. The van der Waals surface area contributed by atoms with Gasteiger partial charge in [0.15, 0.2) is 0 Å². The monoisotopic (exact) mass is 543 g/mol. The third-order valence-electron chi connectivity index (χ3n) is 3.71. The molecule has 0 unspecified atom stereocenters. The molecular weight excluding hydrogens is 531 g/mol. The normalized spacial score (nSPS) is 9.44. The first kappa shape index (κ1) is 23.5. The second kappa shape index (κ2) is 11.3. The Hall–Kier alpha value is 0.452. The van der Waals surface area contributed by atoms with Crippen LogP contribution in [-0.2, 0) is 98.1 Å². The van der Waals surface area contributed by atoms with Gasteiger partial charge in [0.1, 0.15) is 0 Å². The van der Waals surface area contributed by atoms with Gasteiger partial charge in [-0.15, -0.1) is 22.9 Å². The van der Waals surface area contributed by atoms with Crippen molar-refractivity contribution in [1.29, 1.82) is 0 Å². The van der Waals surface area contributed by atoms with Gasteiger partial charge in [0.2, 0.25) is 0 Å². The van der Waals surface area contributed by atoms with Crippen LogP contribution >= 0.6 is 0 Å². The molecule has 25 heavy (non-hydrogen) atoms. The van der Waals surface area contributed by atoms with E-state index >= 15 is 0 Å². The van der Waals surface area contributed by atoms with Crippen molar-refractivity contribution in [2.24, 2.45) is 0 Å². The Morgan fingerprint density at radius 3 is 1.72 bits per heavy atom. The maximum Gasteiger partial charge on any atom is 0 e. The summed E-state index contributed by atoms with van der Waals surface area (Å²) in [7, 11) is 0. The van der Waals surface area contributed by atoms with Gasteiger partial charge in [-0.3, -0.25) is 0 Å². The molecule has 0 fully saturated rings. The van der Waals surface area contributed by atoms with E-state index in [4.69, 9.17) is 0 Å². The first-order valence-electron chi connectivity index (χ1n) is 7.21. The van der Waals surface area contributed by atoms with Crippen LogP contribution in [0, 0.1) is 24.3 Å². The third-order valence-corrected chi connectivity index (χ3v) is 3.71. The minimum atomic E-state index is 0. The van der Waals surface area contributed by atoms with Crippen LogP contribution in [0.1, 0.15) is 0 Å². The van der Waals surface area contributed by atoms with Crippen molar-refractivity contribution in [3.05, 3.63) is 97.1 Å². The largest absolute Gasteiger partial charge is 0.247 e. The molecule has 113 valence electrons. The zero-order valence-corrected chi connectivity index (χ0v) is 22.2. The average molecular weight is 543 g/mol. The van der Waals surface area contributed by atoms with Crippen LogP contribution < -0.4 is 0 Å². The van der Waals surface area contributed by atoms with Crippen LogP contribution in [0.15, 0.2) is 72.8 Å². The SMILES string of the molecule is [Y].[Y].[Y].[c-]1cc(-c2[c-]cc3ccccc3c2)[c-]cc1-c1[c-]cccc1. The predicted molar refractivity (Wildman–Crippen MR) is 90.2 cm³/mol. The number of hydrogen-bond acceptors (Lipinski definition) is 0. The zero-order chi connectivity index (χ0) is 14.8. The van der Waals surface area contributed by atoms with Gasteiger partial charge < -0.3 is 0 Å². The summed E-state index contributed by atoms with van der Waals surface area (Å²) in [6.07, 6.45) is 0. The first-order chi connectivity index (χ1) is 10.9. The summed E-state index contributed by atoms with van der Waals surface area (Å²) in [4.78, 5) is 0. The molecule has 0 aliphatic rings. The Balaban J connectivity index is 0.00000104. The van der Waals surface area contributed by atoms with Crippen LogP contribution in [0.3, 0.4) is 0 Å². The van der Waals surface area contributed by atoms with Gasteiger partial charge in [-0.1, -0.05) is 24.3 Å². The van der Waals surface area contributed by atoms with Gasteiger partial charge >= 0.3 is 0 Å². The summed E-state index contributed by atoms with van der Waals surface area (Å²) in [5, 5.41) is 2.41. The Morgan fingerprint density at radius 1 is 0.480 bits per heavy atom. The van der Waals surface area contributed by atoms with Crippen molar-refractivity contribution in [1.82, 2.24) is 0 Å². The molecule has 0 aromatic heterocycles. The minimum Gasteiger partial charge on any atom is -0.247 e. The molecule has 3 radical (unpaired) electrons. The van der Waals surface area contributed by atoms with Crippen LogP contribution in [-0.4, -0.2) is 0 Å². The van der Waals surface area contributed by atoms with E-state index in [2.05, 4.69) is 48.5 Å². The summed E-state index contributed by atoms with van der Waals surface area (Å²) in [6.45, 7) is 0. The second-order valence-electron chi connectivity index (χ2n) is 5.16. The van der Waals surface area contributed by atoms with Crippen molar-refractivity contribution >= 4 is 10.8 Å². The Bertz CT molecular complexity index is 916. The summed E-state index contributed by atoms with van der Waals surface area (Å²) < 4.78 is 0. The Labute approximate surface area is 224 Å². The molecule has 0 N–H and O–H groups in total. The summed E-state index contributed by atoms with van der Waals surface area (Å²) in [5.41, 5.74) is 4.09. The Kier molecular flexibility index (Phi) is 10.6. The van der Waals surface area contributed by atoms with E-state index in [1.165, 1.54) is 10.8 Å². The first-order valence-corrected chi connectivity index (χ1v) is 7.21. The molecule has 0 spiro atoms. The standard InChI is InChI=1S/C22H12.3Y/c1-2-6-17(7-3-1)19-10-12-20(13-11-19)22-15-14-18-8-4-5-9-21(18)16-22;;;/h1-6,8-10,13-14,16H;;;/q-4;;;. The average Bonchev–Trinajstić information content (AvgIpc) is 2.62. The molecule has 0 aliphatic carbocycles. The van der Waals surface area contributed by atoms with Crippen LogP contribution in [0.2, 0.25) is 0 Å². The molecule has 0 atom stereocenters. The third kappa shape index (κ3) is 5.71. The van der Waals surface area contributed by atoms with Crippen molar-refractivity contribution in [2.45, 2.75) is 0 Å². The number of hydrogen-bond donors (Lipinski definition) is 0. The van der Waals surface area contributed by atoms with E-state index in [1.807, 2.05) is 48.5 Å². The quantitative estimate of drug-likeness (QED) is 0.299. The fourth-order valence-corrected chi connectivity index (χ4v) is 2.54. The van der Waals surface area contributed by atoms with Crippen LogP contribution in [0.25, 0.3) is 33.0 Å². The maximum absolute atomic E-state index is 3.33. The maximum atomic E-state index is 3.33. The summed E-state index contributed by atoms with van der Waals surface area (Å²) in [5.74, 6) is 0. The smallest absolute Gasteiger partial charge is 0 e. The Morgan fingerprint density at radius 2 is 1.08 bits per heavy atom. The molecule has 0 saturated carbocycles. The molecular formula is C22H12Y3-4.